The van der Waals surface area contributed by atoms with Gasteiger partial charge >= 0.3 is 5.97 Å². The van der Waals surface area contributed by atoms with Crippen molar-refractivity contribution in [1.29, 1.82) is 0 Å². The molecular formula is C30H33N5O3. The van der Waals surface area contributed by atoms with E-state index >= 15 is 0 Å². The second-order valence-electron chi connectivity index (χ2n) is 10.4. The van der Waals surface area contributed by atoms with Gasteiger partial charge in [0.15, 0.2) is 5.65 Å². The van der Waals surface area contributed by atoms with Crippen LogP contribution in [0.2, 0.25) is 0 Å². The van der Waals surface area contributed by atoms with E-state index in [0.29, 0.717) is 12.1 Å². The van der Waals surface area contributed by atoms with Crippen molar-refractivity contribution >= 4 is 23.0 Å². The van der Waals surface area contributed by atoms with E-state index in [9.17, 15) is 9.59 Å². The summed E-state index contributed by atoms with van der Waals surface area (Å²) in [6.07, 6.45) is 4.93. The Hall–Kier alpha value is -4.04. The molecule has 8 heteroatoms. The Morgan fingerprint density at radius 3 is 2.55 bits per heavy atom. The quantitative estimate of drug-likeness (QED) is 0.411. The van der Waals surface area contributed by atoms with Crippen molar-refractivity contribution in [2.24, 2.45) is 7.05 Å². The third kappa shape index (κ3) is 4.79. The first-order valence-corrected chi connectivity index (χ1v) is 12.8. The van der Waals surface area contributed by atoms with E-state index in [4.69, 9.17) is 15.1 Å². The zero-order chi connectivity index (χ0) is 27.1. The summed E-state index contributed by atoms with van der Waals surface area (Å²) in [6.45, 7) is 6.25. The summed E-state index contributed by atoms with van der Waals surface area (Å²) in [5.74, 6) is -0.782. The molecule has 5 rings (SSSR count). The van der Waals surface area contributed by atoms with Gasteiger partial charge in [0.05, 0.1) is 18.3 Å². The fourth-order valence-corrected chi connectivity index (χ4v) is 5.37. The predicted molar refractivity (Wildman–Crippen MR) is 148 cm³/mol. The van der Waals surface area contributed by atoms with E-state index in [0.717, 1.165) is 58.6 Å². The largest absolute Gasteiger partial charge is 0.481 e. The molecule has 1 aliphatic heterocycles. The monoisotopic (exact) mass is 511 g/mol. The molecule has 1 amide bonds. The molecule has 3 heterocycles. The number of carbonyl (C=O) groups is 2. The number of nitrogens with zero attached hydrogens (tertiary/aromatic N) is 5. The first-order valence-electron chi connectivity index (χ1n) is 12.8. The van der Waals surface area contributed by atoms with Gasteiger partial charge in [-0.25, -0.2) is 9.97 Å². The molecule has 1 aliphatic rings. The molecule has 0 aliphatic carbocycles. The molecule has 0 radical (unpaired) electrons. The predicted octanol–water partition coefficient (Wildman–Crippen LogP) is 4.45. The Balaban J connectivity index is 1.53. The van der Waals surface area contributed by atoms with Crippen LogP contribution in [0, 0.1) is 13.8 Å². The van der Waals surface area contributed by atoms with E-state index in [2.05, 4.69) is 24.0 Å². The number of aliphatic carboxylic acids is 1. The zero-order valence-corrected chi connectivity index (χ0v) is 22.6. The molecule has 0 spiro atoms. The second kappa shape index (κ2) is 10.0. The number of aromatic nitrogens is 3. The third-order valence-corrected chi connectivity index (χ3v) is 7.41. The van der Waals surface area contributed by atoms with Gasteiger partial charge in [0.1, 0.15) is 5.52 Å². The maximum atomic E-state index is 12.5. The molecule has 196 valence electrons. The Kier molecular flexibility index (Phi) is 6.75. The molecule has 2 aromatic heterocycles. The number of rotatable bonds is 6. The van der Waals surface area contributed by atoms with Crippen LogP contribution < -0.4 is 0 Å². The van der Waals surface area contributed by atoms with Crippen LogP contribution >= 0.6 is 0 Å². The number of amides is 1. The number of carbonyl (C=O) groups excluding carboxylic acids is 1. The van der Waals surface area contributed by atoms with Crippen LogP contribution in [-0.4, -0.2) is 68.5 Å². The Labute approximate surface area is 222 Å². The highest BCUT2D eigenvalue weighted by molar-refractivity contribution is 5.97. The maximum absolute atomic E-state index is 12.5. The normalized spacial score (nSPS) is 13.5. The molecular weight excluding hydrogens is 478 g/mol. The van der Waals surface area contributed by atoms with Crippen LogP contribution in [0.4, 0.5) is 0 Å². The fraction of sp³-hybridized carbons (Fsp3) is 0.333. The van der Waals surface area contributed by atoms with Gasteiger partial charge in [-0.05, 0) is 66.3 Å². The van der Waals surface area contributed by atoms with Gasteiger partial charge < -0.3 is 14.6 Å². The number of fused-ring (bicyclic) bond motifs is 2. The van der Waals surface area contributed by atoms with E-state index in [1.165, 1.54) is 16.7 Å². The zero-order valence-electron chi connectivity index (χ0n) is 22.6. The number of hydrogen-bond donors (Lipinski definition) is 1. The van der Waals surface area contributed by atoms with Gasteiger partial charge in [-0.15, -0.1) is 0 Å². The van der Waals surface area contributed by atoms with Crippen LogP contribution in [0.25, 0.3) is 33.5 Å². The Bertz CT molecular complexity index is 1570. The number of carboxylic acid groups (broad SMARTS) is 1. The molecule has 0 saturated carbocycles. The van der Waals surface area contributed by atoms with Gasteiger partial charge in [-0.1, -0.05) is 12.1 Å². The summed E-state index contributed by atoms with van der Waals surface area (Å²) < 4.78 is 1.98. The van der Waals surface area contributed by atoms with E-state index < -0.39 is 5.97 Å². The van der Waals surface area contributed by atoms with Crippen LogP contribution in [0.15, 0.2) is 42.7 Å². The van der Waals surface area contributed by atoms with E-state index in [1.807, 2.05) is 49.1 Å². The highest BCUT2D eigenvalue weighted by Gasteiger charge is 2.21. The molecule has 4 aromatic rings. The van der Waals surface area contributed by atoms with Crippen molar-refractivity contribution in [2.45, 2.75) is 33.2 Å². The molecule has 2 aromatic carbocycles. The molecule has 0 unspecified atom stereocenters. The first-order chi connectivity index (χ1) is 18.1. The SMILES string of the molecule is Cc1cc(-c2cn(C)c3ncc(-c4cc(C)c5c(c4)CN(CCC(=O)O)CC5)nc23)ccc1C(=O)N(C)C. The Morgan fingerprint density at radius 1 is 1.08 bits per heavy atom. The summed E-state index contributed by atoms with van der Waals surface area (Å²) in [7, 11) is 5.48. The standard InChI is InChI=1S/C30H33N5O3/c1-18-13-21(14-22-16-35(10-8-23(18)22)11-9-27(36)37)26-15-31-29-28(32-26)25(17-34(29)5)20-6-7-24(19(2)12-20)30(38)33(3)4/h6-7,12-15,17H,8-11,16H2,1-5H3,(H,36,37). The van der Waals surface area contributed by atoms with E-state index in [1.54, 1.807) is 19.0 Å². The first kappa shape index (κ1) is 25.6. The maximum Gasteiger partial charge on any atom is 0.304 e. The minimum Gasteiger partial charge on any atom is -0.481 e. The molecule has 38 heavy (non-hydrogen) atoms. The molecule has 0 bridgehead atoms. The average Bonchev–Trinajstić information content (AvgIpc) is 3.22. The molecule has 0 atom stereocenters. The minimum absolute atomic E-state index is 0.0154. The van der Waals surface area contributed by atoms with Crippen molar-refractivity contribution in [2.75, 3.05) is 27.2 Å². The van der Waals surface area contributed by atoms with Crippen LogP contribution in [-0.2, 0) is 24.8 Å². The third-order valence-electron chi connectivity index (χ3n) is 7.41. The summed E-state index contributed by atoms with van der Waals surface area (Å²) in [6, 6.07) is 10.2. The van der Waals surface area contributed by atoms with Gasteiger partial charge in [-0.3, -0.25) is 14.5 Å². The smallest absolute Gasteiger partial charge is 0.304 e. The second-order valence-corrected chi connectivity index (χ2v) is 10.4. The summed E-state index contributed by atoms with van der Waals surface area (Å²) >= 11 is 0. The lowest BCUT2D eigenvalue weighted by atomic mass is 9.92. The molecule has 0 saturated heterocycles. The molecule has 8 nitrogen and oxygen atoms in total. The summed E-state index contributed by atoms with van der Waals surface area (Å²) in [5.41, 5.74) is 10.8. The number of hydrogen-bond acceptors (Lipinski definition) is 5. The number of aryl methyl sites for hydroxylation is 3. The number of benzene rings is 2. The highest BCUT2D eigenvalue weighted by atomic mass is 16.4. The van der Waals surface area contributed by atoms with Gasteiger partial charge in [0.2, 0.25) is 0 Å². The Morgan fingerprint density at radius 2 is 1.84 bits per heavy atom. The average molecular weight is 512 g/mol. The van der Waals surface area contributed by atoms with Gasteiger partial charge in [0.25, 0.3) is 5.91 Å². The van der Waals surface area contributed by atoms with Crippen molar-refractivity contribution < 1.29 is 14.7 Å². The van der Waals surface area contributed by atoms with Crippen LogP contribution in [0.1, 0.15) is 39.0 Å². The van der Waals surface area contributed by atoms with Crippen molar-refractivity contribution in [3.05, 3.63) is 70.5 Å². The van der Waals surface area contributed by atoms with Gasteiger partial charge in [0, 0.05) is 63.7 Å². The molecule has 1 N–H and O–H groups in total. The summed E-state index contributed by atoms with van der Waals surface area (Å²) in [5, 5.41) is 9.08. The lowest BCUT2D eigenvalue weighted by molar-refractivity contribution is -0.137. The molecule has 0 fully saturated rings. The van der Waals surface area contributed by atoms with Crippen LogP contribution in [0.3, 0.4) is 0 Å². The lowest BCUT2D eigenvalue weighted by Crippen LogP contribution is -2.32. The topological polar surface area (TPSA) is 91.6 Å². The number of carboxylic acids is 1. The lowest BCUT2D eigenvalue weighted by Gasteiger charge is -2.29. The fourth-order valence-electron chi connectivity index (χ4n) is 5.37. The summed E-state index contributed by atoms with van der Waals surface area (Å²) in [4.78, 5) is 37.2. The van der Waals surface area contributed by atoms with E-state index in [-0.39, 0.29) is 12.3 Å². The van der Waals surface area contributed by atoms with Crippen molar-refractivity contribution in [3.8, 4) is 22.4 Å². The van der Waals surface area contributed by atoms with Crippen molar-refractivity contribution in [1.82, 2.24) is 24.3 Å². The minimum atomic E-state index is -0.767. The highest BCUT2D eigenvalue weighted by Crippen LogP contribution is 2.33. The van der Waals surface area contributed by atoms with Gasteiger partial charge in [-0.2, -0.15) is 0 Å². The van der Waals surface area contributed by atoms with Crippen molar-refractivity contribution in [3.63, 3.8) is 0 Å². The van der Waals surface area contributed by atoms with Crippen LogP contribution in [0.5, 0.6) is 0 Å².